The Morgan fingerprint density at radius 1 is 1.56 bits per heavy atom. The minimum Gasteiger partial charge on any atom is -0.399 e. The Balaban J connectivity index is 2.69. The van der Waals surface area contributed by atoms with Crippen molar-refractivity contribution in [3.05, 3.63) is 24.0 Å². The van der Waals surface area contributed by atoms with Gasteiger partial charge in [-0.1, -0.05) is 0 Å². The van der Waals surface area contributed by atoms with Crippen molar-refractivity contribution in [2.45, 2.75) is 24.0 Å². The lowest BCUT2D eigenvalue weighted by atomic mass is 10.3. The number of nitrogen functional groups attached to an aromatic ring is 1. The summed E-state index contributed by atoms with van der Waals surface area (Å²) in [6.45, 7) is 4.22. The Labute approximate surface area is 98.6 Å². The number of rotatable bonds is 4. The number of benzene rings is 1. The van der Waals surface area contributed by atoms with Crippen LogP contribution in [0.5, 0.6) is 0 Å². The normalized spacial score (nSPS) is 12.2. The Morgan fingerprint density at radius 3 is 2.81 bits per heavy atom. The Morgan fingerprint density at radius 2 is 2.25 bits per heavy atom. The third-order valence-corrected chi connectivity index (χ3v) is 3.00. The van der Waals surface area contributed by atoms with Crippen LogP contribution in [-0.2, 0) is 4.79 Å². The number of anilines is 1. The van der Waals surface area contributed by atoms with Crippen LogP contribution in [0.3, 0.4) is 0 Å². The molecule has 0 aliphatic rings. The largest absolute Gasteiger partial charge is 0.399 e. The summed E-state index contributed by atoms with van der Waals surface area (Å²) in [6, 6.07) is 4.28. The van der Waals surface area contributed by atoms with E-state index in [0.717, 1.165) is 0 Å². The fourth-order valence-electron chi connectivity index (χ4n) is 1.23. The van der Waals surface area contributed by atoms with Gasteiger partial charge in [0.15, 0.2) is 0 Å². The number of carbonyl (C=O) groups is 1. The Kier molecular flexibility index (Phi) is 4.61. The monoisotopic (exact) mass is 242 g/mol. The lowest BCUT2D eigenvalue weighted by molar-refractivity contribution is -0.120. The molecule has 1 unspecified atom stereocenters. The standard InChI is InChI=1S/C11H15FN2OS/c1-3-14-11(15)7(2)16-10-5-8(12)4-9(13)6-10/h4-7H,3,13H2,1-2H3,(H,14,15). The van der Waals surface area contributed by atoms with Gasteiger partial charge in [0, 0.05) is 17.1 Å². The van der Waals surface area contributed by atoms with Crippen molar-refractivity contribution < 1.29 is 9.18 Å². The molecule has 88 valence electrons. The molecule has 1 rings (SSSR count). The van der Waals surface area contributed by atoms with E-state index < -0.39 is 0 Å². The number of hydrogen-bond acceptors (Lipinski definition) is 3. The number of amides is 1. The van der Waals surface area contributed by atoms with Gasteiger partial charge in [0.25, 0.3) is 0 Å². The second-order valence-corrected chi connectivity index (χ2v) is 4.79. The summed E-state index contributed by atoms with van der Waals surface area (Å²) < 4.78 is 13.0. The topological polar surface area (TPSA) is 55.1 Å². The maximum Gasteiger partial charge on any atom is 0.233 e. The van der Waals surface area contributed by atoms with Crippen LogP contribution < -0.4 is 11.1 Å². The molecule has 1 amide bonds. The molecule has 0 aliphatic carbocycles. The number of nitrogens with two attached hydrogens (primary N) is 1. The zero-order valence-corrected chi connectivity index (χ0v) is 10.1. The van der Waals surface area contributed by atoms with E-state index in [0.29, 0.717) is 17.1 Å². The predicted octanol–water partition coefficient (Wildman–Crippen LogP) is 2.02. The highest BCUT2D eigenvalue weighted by atomic mass is 32.2. The quantitative estimate of drug-likeness (QED) is 0.627. The summed E-state index contributed by atoms with van der Waals surface area (Å²) >= 11 is 1.29. The van der Waals surface area contributed by atoms with Gasteiger partial charge < -0.3 is 11.1 Å². The first-order valence-electron chi connectivity index (χ1n) is 5.03. The molecule has 0 saturated carbocycles. The molecule has 0 radical (unpaired) electrons. The van der Waals surface area contributed by atoms with Crippen LogP contribution >= 0.6 is 11.8 Å². The Bertz CT molecular complexity index is 364. The van der Waals surface area contributed by atoms with E-state index in [2.05, 4.69) is 5.32 Å². The van der Waals surface area contributed by atoms with Crippen LogP contribution in [-0.4, -0.2) is 17.7 Å². The van der Waals surface area contributed by atoms with E-state index >= 15 is 0 Å². The second-order valence-electron chi connectivity index (χ2n) is 3.37. The van der Waals surface area contributed by atoms with Gasteiger partial charge in [0.05, 0.1) is 5.25 Å². The molecule has 0 saturated heterocycles. The van der Waals surface area contributed by atoms with E-state index in [1.54, 1.807) is 13.0 Å². The average Bonchev–Trinajstić information content (AvgIpc) is 2.16. The number of nitrogens with one attached hydrogen (secondary N) is 1. The van der Waals surface area contributed by atoms with Gasteiger partial charge in [-0.3, -0.25) is 4.79 Å². The van der Waals surface area contributed by atoms with E-state index in [1.807, 2.05) is 6.92 Å². The van der Waals surface area contributed by atoms with Crippen LogP contribution in [0, 0.1) is 5.82 Å². The van der Waals surface area contributed by atoms with E-state index in [4.69, 9.17) is 5.73 Å². The molecule has 1 aromatic rings. The molecular formula is C11H15FN2OS. The van der Waals surface area contributed by atoms with Crippen LogP contribution in [0.25, 0.3) is 0 Å². The highest BCUT2D eigenvalue weighted by Gasteiger charge is 2.13. The smallest absolute Gasteiger partial charge is 0.233 e. The zero-order chi connectivity index (χ0) is 12.1. The van der Waals surface area contributed by atoms with Gasteiger partial charge in [-0.05, 0) is 32.0 Å². The number of thioether (sulfide) groups is 1. The first-order chi connectivity index (χ1) is 7.52. The fourth-order valence-corrected chi connectivity index (χ4v) is 2.21. The average molecular weight is 242 g/mol. The molecule has 0 fully saturated rings. The van der Waals surface area contributed by atoms with Crippen molar-refractivity contribution >= 4 is 23.4 Å². The van der Waals surface area contributed by atoms with E-state index in [1.165, 1.54) is 23.9 Å². The van der Waals surface area contributed by atoms with E-state index in [9.17, 15) is 9.18 Å². The summed E-state index contributed by atoms with van der Waals surface area (Å²) in [5.41, 5.74) is 5.88. The molecule has 3 N–H and O–H groups in total. The molecule has 0 aliphatic heterocycles. The van der Waals surface area contributed by atoms with Crippen molar-refractivity contribution in [3.8, 4) is 0 Å². The van der Waals surface area contributed by atoms with Gasteiger partial charge in [0.1, 0.15) is 5.82 Å². The number of carbonyl (C=O) groups excluding carboxylic acids is 1. The first kappa shape index (κ1) is 12.8. The molecular weight excluding hydrogens is 227 g/mol. The molecule has 16 heavy (non-hydrogen) atoms. The van der Waals surface area contributed by atoms with E-state index in [-0.39, 0.29) is 17.0 Å². The minimum absolute atomic E-state index is 0.0599. The van der Waals surface area contributed by atoms with Crippen LogP contribution in [0.15, 0.2) is 23.1 Å². The van der Waals surface area contributed by atoms with Crippen LogP contribution in [0.1, 0.15) is 13.8 Å². The summed E-state index contributed by atoms with van der Waals surface area (Å²) in [4.78, 5) is 12.1. The lowest BCUT2D eigenvalue weighted by Gasteiger charge is -2.11. The molecule has 5 heteroatoms. The molecule has 1 atom stereocenters. The summed E-state index contributed by atoms with van der Waals surface area (Å²) in [5.74, 6) is -0.444. The minimum atomic E-state index is -0.384. The first-order valence-corrected chi connectivity index (χ1v) is 5.91. The maximum atomic E-state index is 13.0. The van der Waals surface area contributed by atoms with Gasteiger partial charge in [0.2, 0.25) is 5.91 Å². The summed E-state index contributed by atoms with van der Waals surface area (Å²) in [5, 5.41) is 2.45. The molecule has 0 aromatic heterocycles. The number of hydrogen-bond donors (Lipinski definition) is 2. The summed E-state index contributed by atoms with van der Waals surface area (Å²) in [7, 11) is 0. The fraction of sp³-hybridized carbons (Fsp3) is 0.364. The second kappa shape index (κ2) is 5.75. The highest BCUT2D eigenvalue weighted by molar-refractivity contribution is 8.00. The molecule has 3 nitrogen and oxygen atoms in total. The lowest BCUT2D eigenvalue weighted by Crippen LogP contribution is -2.30. The van der Waals surface area contributed by atoms with Gasteiger partial charge in [-0.2, -0.15) is 0 Å². The SMILES string of the molecule is CCNC(=O)C(C)Sc1cc(N)cc(F)c1. The molecule has 1 aromatic carbocycles. The third-order valence-electron chi connectivity index (χ3n) is 1.93. The van der Waals surface area contributed by atoms with Gasteiger partial charge in [-0.15, -0.1) is 11.8 Å². The summed E-state index contributed by atoms with van der Waals surface area (Å²) in [6.07, 6.45) is 0. The van der Waals surface area contributed by atoms with Gasteiger partial charge in [-0.25, -0.2) is 4.39 Å². The Hall–Kier alpha value is -1.23. The number of halogens is 1. The van der Waals surface area contributed by atoms with Crippen molar-refractivity contribution in [1.29, 1.82) is 0 Å². The van der Waals surface area contributed by atoms with Crippen molar-refractivity contribution in [2.24, 2.45) is 0 Å². The maximum absolute atomic E-state index is 13.0. The van der Waals surface area contributed by atoms with Crippen molar-refractivity contribution in [1.82, 2.24) is 5.32 Å². The predicted molar refractivity (Wildman–Crippen MR) is 64.8 cm³/mol. The third kappa shape index (κ3) is 3.73. The van der Waals surface area contributed by atoms with Crippen molar-refractivity contribution in [3.63, 3.8) is 0 Å². The van der Waals surface area contributed by atoms with Crippen molar-refractivity contribution in [2.75, 3.05) is 12.3 Å². The van der Waals surface area contributed by atoms with Gasteiger partial charge >= 0.3 is 0 Å². The molecule has 0 heterocycles. The van der Waals surface area contributed by atoms with Crippen LogP contribution in [0.4, 0.5) is 10.1 Å². The van der Waals surface area contributed by atoms with Crippen LogP contribution in [0.2, 0.25) is 0 Å². The zero-order valence-electron chi connectivity index (χ0n) is 9.29. The molecule has 0 spiro atoms. The molecule has 0 bridgehead atoms. The highest BCUT2D eigenvalue weighted by Crippen LogP contribution is 2.26.